The van der Waals surface area contributed by atoms with Gasteiger partial charge in [0.05, 0.1) is 12.3 Å². The largest absolute Gasteiger partial charge is 0.476 e. The number of aromatic nitrogens is 2. The van der Waals surface area contributed by atoms with Crippen LogP contribution in [0.5, 0.6) is 0 Å². The fourth-order valence-corrected chi connectivity index (χ4v) is 1.10. The number of aromatic carboxylic acids is 1. The van der Waals surface area contributed by atoms with Gasteiger partial charge in [-0.1, -0.05) is 0 Å². The highest BCUT2D eigenvalue weighted by atomic mass is 16.4. The Labute approximate surface area is 75.6 Å². The zero-order chi connectivity index (χ0) is 10.0. The maximum Gasteiger partial charge on any atom is 0.356 e. The molecule has 1 rings (SSSR count). The Morgan fingerprint density at radius 3 is 2.62 bits per heavy atom. The number of hydrogen-bond donors (Lipinski definition) is 2. The van der Waals surface area contributed by atoms with Gasteiger partial charge < -0.3 is 10.2 Å². The predicted molar refractivity (Wildman–Crippen MR) is 45.5 cm³/mol. The van der Waals surface area contributed by atoms with E-state index in [-0.39, 0.29) is 18.3 Å². The van der Waals surface area contributed by atoms with Gasteiger partial charge in [-0.2, -0.15) is 5.10 Å². The van der Waals surface area contributed by atoms with Gasteiger partial charge in [0.25, 0.3) is 0 Å². The fraction of sp³-hybridized carbons (Fsp3) is 0.500. The van der Waals surface area contributed by atoms with Crippen molar-refractivity contribution in [2.24, 2.45) is 0 Å². The molecule has 2 N–H and O–H groups in total. The molecule has 72 valence electrons. The quantitative estimate of drug-likeness (QED) is 0.723. The highest BCUT2D eigenvalue weighted by Gasteiger charge is 2.13. The molecule has 0 amide bonds. The molecule has 0 spiro atoms. The summed E-state index contributed by atoms with van der Waals surface area (Å²) in [5.41, 5.74) is 0.491. The zero-order valence-electron chi connectivity index (χ0n) is 7.56. The minimum atomic E-state index is -1.07. The number of hydrogen-bond acceptors (Lipinski definition) is 3. The van der Waals surface area contributed by atoms with Crippen LogP contribution in [0.25, 0.3) is 0 Å². The maximum absolute atomic E-state index is 10.5. The monoisotopic (exact) mass is 184 g/mol. The number of carboxylic acid groups (broad SMARTS) is 1. The highest BCUT2D eigenvalue weighted by Crippen LogP contribution is 2.11. The normalized spacial score (nSPS) is 10.8. The molecule has 0 unspecified atom stereocenters. The molecule has 0 aliphatic heterocycles. The Morgan fingerprint density at radius 2 is 2.31 bits per heavy atom. The Kier molecular flexibility index (Phi) is 2.67. The van der Waals surface area contributed by atoms with E-state index < -0.39 is 5.97 Å². The minimum Gasteiger partial charge on any atom is -0.476 e. The van der Waals surface area contributed by atoms with E-state index in [2.05, 4.69) is 5.10 Å². The van der Waals surface area contributed by atoms with Gasteiger partial charge in [0.2, 0.25) is 0 Å². The average molecular weight is 184 g/mol. The molecule has 5 nitrogen and oxygen atoms in total. The first-order chi connectivity index (χ1) is 6.06. The second-order valence-electron chi connectivity index (χ2n) is 3.02. The smallest absolute Gasteiger partial charge is 0.356 e. The van der Waals surface area contributed by atoms with E-state index >= 15 is 0 Å². The molecule has 1 aromatic heterocycles. The lowest BCUT2D eigenvalue weighted by atomic mass is 10.3. The first-order valence-electron chi connectivity index (χ1n) is 3.98. The molecule has 0 atom stereocenters. The van der Waals surface area contributed by atoms with Crippen molar-refractivity contribution in [2.45, 2.75) is 26.5 Å². The Bertz CT molecular complexity index is 317. The second-order valence-corrected chi connectivity index (χ2v) is 3.02. The molecule has 5 heteroatoms. The van der Waals surface area contributed by atoms with Gasteiger partial charge in [0.15, 0.2) is 5.69 Å². The molecule has 0 fully saturated rings. The molecule has 0 aliphatic rings. The van der Waals surface area contributed by atoms with Gasteiger partial charge in [0.1, 0.15) is 0 Å². The fourth-order valence-electron chi connectivity index (χ4n) is 1.10. The molecule has 1 aromatic rings. The summed E-state index contributed by atoms with van der Waals surface area (Å²) in [5.74, 6) is -1.07. The van der Waals surface area contributed by atoms with Crippen molar-refractivity contribution in [2.75, 3.05) is 0 Å². The van der Waals surface area contributed by atoms with E-state index in [0.29, 0.717) is 5.69 Å². The summed E-state index contributed by atoms with van der Waals surface area (Å²) < 4.78 is 1.50. The maximum atomic E-state index is 10.5. The van der Waals surface area contributed by atoms with Crippen LogP contribution in [0.1, 0.15) is 36.1 Å². The van der Waals surface area contributed by atoms with E-state index in [1.165, 1.54) is 10.7 Å². The first kappa shape index (κ1) is 9.73. The van der Waals surface area contributed by atoms with Crippen LogP contribution in [0.15, 0.2) is 6.07 Å². The number of nitrogens with zero attached hydrogens (tertiary/aromatic N) is 2. The highest BCUT2D eigenvalue weighted by molar-refractivity contribution is 5.85. The van der Waals surface area contributed by atoms with Gasteiger partial charge in [-0.05, 0) is 19.9 Å². The van der Waals surface area contributed by atoms with E-state index in [9.17, 15) is 4.79 Å². The molecule has 0 saturated heterocycles. The second kappa shape index (κ2) is 3.57. The van der Waals surface area contributed by atoms with Crippen LogP contribution < -0.4 is 0 Å². The lowest BCUT2D eigenvalue weighted by Crippen LogP contribution is -2.08. The lowest BCUT2D eigenvalue weighted by Gasteiger charge is -2.07. The topological polar surface area (TPSA) is 75.4 Å². The number of aliphatic hydroxyl groups excluding tert-OH is 1. The van der Waals surface area contributed by atoms with E-state index in [0.717, 1.165) is 0 Å². The van der Waals surface area contributed by atoms with Crippen LogP contribution in [-0.4, -0.2) is 26.0 Å². The summed E-state index contributed by atoms with van der Waals surface area (Å²) >= 11 is 0. The van der Waals surface area contributed by atoms with Crippen molar-refractivity contribution in [3.8, 4) is 0 Å². The van der Waals surface area contributed by atoms with Crippen LogP contribution >= 0.6 is 0 Å². The van der Waals surface area contributed by atoms with Gasteiger partial charge in [-0.15, -0.1) is 0 Å². The third-order valence-electron chi connectivity index (χ3n) is 1.68. The summed E-state index contributed by atoms with van der Waals surface area (Å²) in [5, 5.41) is 21.4. The SMILES string of the molecule is CC(C)n1nc(C(=O)O)cc1CO. The summed E-state index contributed by atoms with van der Waals surface area (Å²) in [4.78, 5) is 10.5. The van der Waals surface area contributed by atoms with Gasteiger partial charge in [-0.25, -0.2) is 4.79 Å². The molecule has 1 heterocycles. The number of aliphatic hydroxyl groups is 1. The zero-order valence-corrected chi connectivity index (χ0v) is 7.56. The van der Waals surface area contributed by atoms with E-state index in [1.807, 2.05) is 13.8 Å². The van der Waals surface area contributed by atoms with Crippen LogP contribution in [0, 0.1) is 0 Å². The molecule has 0 saturated carbocycles. The van der Waals surface area contributed by atoms with E-state index in [4.69, 9.17) is 10.2 Å². The Hall–Kier alpha value is -1.36. The van der Waals surface area contributed by atoms with Crippen molar-refractivity contribution >= 4 is 5.97 Å². The van der Waals surface area contributed by atoms with Crippen molar-refractivity contribution in [1.82, 2.24) is 9.78 Å². The molecule has 0 radical (unpaired) electrons. The molecular formula is C8H12N2O3. The molecule has 0 aliphatic carbocycles. The Morgan fingerprint density at radius 1 is 1.69 bits per heavy atom. The van der Waals surface area contributed by atoms with Crippen molar-refractivity contribution in [1.29, 1.82) is 0 Å². The van der Waals surface area contributed by atoms with Gasteiger partial charge >= 0.3 is 5.97 Å². The standard InChI is InChI=1S/C8H12N2O3/c1-5(2)10-6(4-11)3-7(9-10)8(12)13/h3,5,11H,4H2,1-2H3,(H,12,13). The summed E-state index contributed by atoms with van der Waals surface area (Å²) in [6.07, 6.45) is 0. The van der Waals surface area contributed by atoms with Crippen molar-refractivity contribution in [3.63, 3.8) is 0 Å². The third kappa shape index (κ3) is 1.86. The van der Waals surface area contributed by atoms with Crippen LogP contribution in [-0.2, 0) is 6.61 Å². The predicted octanol–water partition coefficient (Wildman–Crippen LogP) is 0.655. The summed E-state index contributed by atoms with van der Waals surface area (Å²) in [6.45, 7) is 3.55. The van der Waals surface area contributed by atoms with Crippen LogP contribution in [0.4, 0.5) is 0 Å². The lowest BCUT2D eigenvalue weighted by molar-refractivity contribution is 0.0689. The third-order valence-corrected chi connectivity index (χ3v) is 1.68. The number of carboxylic acids is 1. The molecular weight excluding hydrogens is 172 g/mol. The summed E-state index contributed by atoms with van der Waals surface area (Å²) in [6, 6.07) is 1.43. The first-order valence-corrected chi connectivity index (χ1v) is 3.98. The molecule has 0 aromatic carbocycles. The summed E-state index contributed by atoms with van der Waals surface area (Å²) in [7, 11) is 0. The van der Waals surface area contributed by atoms with Crippen molar-refractivity contribution < 1.29 is 15.0 Å². The van der Waals surface area contributed by atoms with Gasteiger partial charge in [0, 0.05) is 6.04 Å². The molecule has 0 bridgehead atoms. The van der Waals surface area contributed by atoms with E-state index in [1.54, 1.807) is 0 Å². The van der Waals surface area contributed by atoms with Gasteiger partial charge in [-0.3, -0.25) is 4.68 Å². The van der Waals surface area contributed by atoms with Crippen molar-refractivity contribution in [3.05, 3.63) is 17.5 Å². The van der Waals surface area contributed by atoms with Crippen LogP contribution in [0.2, 0.25) is 0 Å². The molecule has 13 heavy (non-hydrogen) atoms. The van der Waals surface area contributed by atoms with Crippen LogP contribution in [0.3, 0.4) is 0 Å². The average Bonchev–Trinajstić information content (AvgIpc) is 2.47. The number of carbonyl (C=O) groups is 1. The Balaban J connectivity index is 3.11. The number of rotatable bonds is 3. The minimum absolute atomic E-state index is 0.0299.